The largest absolute Gasteiger partial charge is 0.339 e. The molecule has 0 radical (unpaired) electrons. The third kappa shape index (κ3) is 3.85. The van der Waals surface area contributed by atoms with Crippen LogP contribution in [0.3, 0.4) is 0 Å². The van der Waals surface area contributed by atoms with Crippen molar-refractivity contribution in [2.75, 3.05) is 13.1 Å². The van der Waals surface area contributed by atoms with E-state index in [0.29, 0.717) is 13.1 Å². The van der Waals surface area contributed by atoms with Gasteiger partial charge in [0.15, 0.2) is 0 Å². The van der Waals surface area contributed by atoms with Gasteiger partial charge in [-0.3, -0.25) is 4.79 Å². The first-order chi connectivity index (χ1) is 7.63. The van der Waals surface area contributed by atoms with E-state index in [-0.39, 0.29) is 5.91 Å². The number of allylic oxidation sites excluding steroid dienone is 3. The Morgan fingerprint density at radius 1 is 1.62 bits per heavy atom. The van der Waals surface area contributed by atoms with E-state index in [9.17, 15) is 9.18 Å². The second kappa shape index (κ2) is 6.05. The third-order valence-corrected chi connectivity index (χ3v) is 2.37. The van der Waals surface area contributed by atoms with Crippen molar-refractivity contribution in [2.45, 2.75) is 12.8 Å². The van der Waals surface area contributed by atoms with E-state index in [4.69, 9.17) is 0 Å². The van der Waals surface area contributed by atoms with Crippen molar-refractivity contribution in [1.82, 2.24) is 4.90 Å². The predicted molar refractivity (Wildman–Crippen MR) is 63.5 cm³/mol. The molecule has 86 valence electrons. The van der Waals surface area contributed by atoms with Gasteiger partial charge in [0, 0.05) is 19.2 Å². The molecule has 0 atom stereocenters. The van der Waals surface area contributed by atoms with E-state index in [2.05, 4.69) is 13.2 Å². The molecule has 0 saturated carbocycles. The predicted octanol–water partition coefficient (Wildman–Crippen LogP) is 2.76. The minimum absolute atomic E-state index is 0.0165. The SMILES string of the molecule is C=CCCN1CCC(/C=C\C(=C)F)=CC1=O. The number of nitrogens with zero attached hydrogens (tertiary/aromatic N) is 1. The van der Waals surface area contributed by atoms with E-state index < -0.39 is 5.83 Å². The summed E-state index contributed by atoms with van der Waals surface area (Å²) in [6, 6.07) is 0. The van der Waals surface area contributed by atoms with Crippen molar-refractivity contribution in [3.8, 4) is 0 Å². The summed E-state index contributed by atoms with van der Waals surface area (Å²) in [6.45, 7) is 8.13. The number of amides is 1. The molecule has 3 heteroatoms. The zero-order valence-electron chi connectivity index (χ0n) is 9.29. The molecule has 0 fully saturated rings. The molecule has 0 aromatic rings. The van der Waals surface area contributed by atoms with Crippen LogP contribution in [0.4, 0.5) is 4.39 Å². The lowest BCUT2D eigenvalue weighted by molar-refractivity contribution is -0.126. The van der Waals surface area contributed by atoms with E-state index >= 15 is 0 Å². The molecule has 1 amide bonds. The van der Waals surface area contributed by atoms with Crippen molar-refractivity contribution >= 4 is 5.91 Å². The first-order valence-electron chi connectivity index (χ1n) is 5.26. The first kappa shape index (κ1) is 12.4. The summed E-state index contributed by atoms with van der Waals surface area (Å²) >= 11 is 0. The second-order valence-electron chi connectivity index (χ2n) is 3.65. The summed E-state index contributed by atoms with van der Waals surface area (Å²) in [5.41, 5.74) is 0.846. The van der Waals surface area contributed by atoms with Crippen molar-refractivity contribution in [3.63, 3.8) is 0 Å². The molecule has 0 bridgehead atoms. The van der Waals surface area contributed by atoms with Crippen LogP contribution in [0.2, 0.25) is 0 Å². The van der Waals surface area contributed by atoms with Crippen molar-refractivity contribution in [1.29, 1.82) is 0 Å². The van der Waals surface area contributed by atoms with Gasteiger partial charge in [0.05, 0.1) is 0 Å². The minimum atomic E-state index is -0.498. The maximum absolute atomic E-state index is 12.4. The quantitative estimate of drug-likeness (QED) is 0.516. The van der Waals surface area contributed by atoms with Crippen LogP contribution >= 0.6 is 0 Å². The Morgan fingerprint density at radius 2 is 2.38 bits per heavy atom. The highest BCUT2D eigenvalue weighted by Crippen LogP contribution is 2.14. The van der Waals surface area contributed by atoms with Crippen molar-refractivity contribution in [3.05, 3.63) is 48.9 Å². The lowest BCUT2D eigenvalue weighted by atomic mass is 10.1. The van der Waals surface area contributed by atoms with Crippen LogP contribution in [0.5, 0.6) is 0 Å². The van der Waals surface area contributed by atoms with Crippen LogP contribution < -0.4 is 0 Å². The van der Waals surface area contributed by atoms with Crippen LogP contribution in [0.15, 0.2) is 48.9 Å². The summed E-state index contributed by atoms with van der Waals surface area (Å²) in [6.07, 6.45) is 7.77. The van der Waals surface area contributed by atoms with E-state index in [1.54, 1.807) is 23.1 Å². The highest BCUT2D eigenvalue weighted by atomic mass is 19.1. The molecule has 0 N–H and O–H groups in total. The Hall–Kier alpha value is -1.64. The van der Waals surface area contributed by atoms with Gasteiger partial charge in [0.2, 0.25) is 5.91 Å². The summed E-state index contributed by atoms with van der Waals surface area (Å²) in [5, 5.41) is 0. The smallest absolute Gasteiger partial charge is 0.246 e. The first-order valence-corrected chi connectivity index (χ1v) is 5.26. The molecular weight excluding hydrogens is 205 g/mol. The van der Waals surface area contributed by atoms with Crippen LogP contribution in [0.25, 0.3) is 0 Å². The lowest BCUT2D eigenvalue weighted by Crippen LogP contribution is -2.34. The number of carbonyl (C=O) groups excluding carboxylic acids is 1. The fourth-order valence-electron chi connectivity index (χ4n) is 1.49. The maximum Gasteiger partial charge on any atom is 0.246 e. The van der Waals surface area contributed by atoms with Crippen LogP contribution in [0, 0.1) is 0 Å². The van der Waals surface area contributed by atoms with Gasteiger partial charge in [0.25, 0.3) is 0 Å². The van der Waals surface area contributed by atoms with E-state index in [1.807, 2.05) is 0 Å². The molecule has 0 spiro atoms. The molecule has 1 aliphatic heterocycles. The van der Waals surface area contributed by atoms with E-state index in [1.165, 1.54) is 6.08 Å². The molecule has 0 aromatic carbocycles. The Kier molecular flexibility index (Phi) is 4.70. The minimum Gasteiger partial charge on any atom is -0.339 e. The highest BCUT2D eigenvalue weighted by molar-refractivity contribution is 5.89. The number of rotatable bonds is 5. The maximum atomic E-state index is 12.4. The topological polar surface area (TPSA) is 20.3 Å². The summed E-state index contributed by atoms with van der Waals surface area (Å²) < 4.78 is 12.4. The molecule has 16 heavy (non-hydrogen) atoms. The van der Waals surface area contributed by atoms with Gasteiger partial charge >= 0.3 is 0 Å². The molecule has 1 heterocycles. The van der Waals surface area contributed by atoms with Gasteiger partial charge in [-0.15, -0.1) is 6.58 Å². The molecule has 0 saturated heterocycles. The van der Waals surface area contributed by atoms with Crippen LogP contribution in [-0.4, -0.2) is 23.9 Å². The summed E-state index contributed by atoms with van der Waals surface area (Å²) in [5.74, 6) is -0.514. The molecule has 1 aliphatic rings. The number of halogens is 1. The molecule has 2 nitrogen and oxygen atoms in total. The average Bonchev–Trinajstić information content (AvgIpc) is 2.25. The van der Waals surface area contributed by atoms with Gasteiger partial charge in [-0.05, 0) is 24.5 Å². The molecule has 0 aromatic heterocycles. The molecule has 0 unspecified atom stereocenters. The zero-order chi connectivity index (χ0) is 12.0. The monoisotopic (exact) mass is 221 g/mol. The van der Waals surface area contributed by atoms with Gasteiger partial charge in [-0.2, -0.15) is 0 Å². The Balaban J connectivity index is 2.58. The van der Waals surface area contributed by atoms with Crippen LogP contribution in [-0.2, 0) is 4.79 Å². The lowest BCUT2D eigenvalue weighted by Gasteiger charge is -2.25. The second-order valence-corrected chi connectivity index (χ2v) is 3.65. The Labute approximate surface area is 95.4 Å². The number of hydrogen-bond acceptors (Lipinski definition) is 1. The Morgan fingerprint density at radius 3 is 2.94 bits per heavy atom. The van der Waals surface area contributed by atoms with Gasteiger partial charge in [-0.25, -0.2) is 4.39 Å². The fourth-order valence-corrected chi connectivity index (χ4v) is 1.49. The van der Waals surface area contributed by atoms with Crippen molar-refractivity contribution in [2.24, 2.45) is 0 Å². The normalized spacial score (nSPS) is 16.4. The highest BCUT2D eigenvalue weighted by Gasteiger charge is 2.15. The van der Waals surface area contributed by atoms with Gasteiger partial charge in [-0.1, -0.05) is 18.7 Å². The van der Waals surface area contributed by atoms with Gasteiger partial charge in [0.1, 0.15) is 5.83 Å². The molecule has 0 aliphatic carbocycles. The Bertz CT molecular complexity index is 355. The summed E-state index contributed by atoms with van der Waals surface area (Å²) in [4.78, 5) is 13.4. The molecule has 1 rings (SSSR count). The van der Waals surface area contributed by atoms with Gasteiger partial charge < -0.3 is 4.90 Å². The average molecular weight is 221 g/mol. The fraction of sp³-hybridized carbons (Fsp3) is 0.308. The van der Waals surface area contributed by atoms with E-state index in [0.717, 1.165) is 18.4 Å². The summed E-state index contributed by atoms with van der Waals surface area (Å²) in [7, 11) is 0. The number of hydrogen-bond donors (Lipinski definition) is 0. The van der Waals surface area contributed by atoms with Crippen LogP contribution in [0.1, 0.15) is 12.8 Å². The third-order valence-electron chi connectivity index (χ3n) is 2.37. The molecular formula is C13H16FNO. The number of carbonyl (C=O) groups is 1. The zero-order valence-corrected chi connectivity index (χ0v) is 9.29. The standard InChI is InChI=1S/C13H16FNO/c1-3-4-8-15-9-7-12(10-13(15)16)6-5-11(2)14/h3,5-6,10H,1-2,4,7-9H2/b6-5-. The van der Waals surface area contributed by atoms with Crippen molar-refractivity contribution < 1.29 is 9.18 Å².